The zero-order valence-electron chi connectivity index (χ0n) is 22.8. The SMILES string of the molecule is CC(C)c1cc(-c2n[nH]c(=O)n2-c2ccc3c(ccn3C3CC3)c2)c(OC(=O)c2ncn3c(=O)n(C)nnc23)cc1O. The third-order valence-corrected chi connectivity index (χ3v) is 7.46. The third kappa shape index (κ3) is 3.98. The Morgan fingerprint density at radius 2 is 1.95 bits per heavy atom. The second-order valence-corrected chi connectivity index (χ2v) is 10.6. The largest absolute Gasteiger partial charge is 0.508 e. The summed E-state index contributed by atoms with van der Waals surface area (Å²) in [6, 6.07) is 11.2. The van der Waals surface area contributed by atoms with Crippen LogP contribution in [0.4, 0.5) is 0 Å². The Hall–Kier alpha value is -5.53. The Bertz CT molecular complexity index is 2160. The van der Waals surface area contributed by atoms with Crippen molar-refractivity contribution in [2.24, 2.45) is 7.05 Å². The second-order valence-electron chi connectivity index (χ2n) is 10.6. The number of phenols is 1. The molecule has 7 rings (SSSR count). The average molecular weight is 568 g/mol. The molecule has 6 aromatic rings. The number of carbonyl (C=O) groups is 1. The standard InChI is InChI=1S/C28H25N9O5/c1-14(2)18-11-19(22(12-21(18)38)42-26(39)23-25-31-33-34(3)28(41)36(25)13-29-23)24-30-32-27(40)37(24)17-6-7-20-15(10-17)8-9-35(20)16-4-5-16/h6-14,16,38H,4-5H2,1-3H3,(H,32,40). The molecule has 4 heterocycles. The summed E-state index contributed by atoms with van der Waals surface area (Å²) in [6.07, 6.45) is 5.50. The maximum Gasteiger partial charge on any atom is 0.366 e. The van der Waals surface area contributed by atoms with Crippen LogP contribution in [0.5, 0.6) is 11.5 Å². The zero-order valence-corrected chi connectivity index (χ0v) is 22.8. The number of imidazole rings is 1. The molecule has 0 amide bonds. The molecule has 1 aliphatic carbocycles. The van der Waals surface area contributed by atoms with Gasteiger partial charge in [0.05, 0.1) is 11.3 Å². The molecule has 14 heteroatoms. The normalized spacial score (nSPS) is 13.4. The molecule has 2 aromatic carbocycles. The number of nitrogens with zero attached hydrogens (tertiary/aromatic N) is 8. The van der Waals surface area contributed by atoms with Crippen molar-refractivity contribution < 1.29 is 14.6 Å². The van der Waals surface area contributed by atoms with Gasteiger partial charge in [-0.05, 0) is 54.7 Å². The van der Waals surface area contributed by atoms with Crippen molar-refractivity contribution in [2.75, 3.05) is 0 Å². The number of nitrogens with one attached hydrogen (secondary N) is 1. The summed E-state index contributed by atoms with van der Waals surface area (Å²) in [7, 11) is 1.42. The number of phenolic OH excluding ortho intramolecular Hbond substituents is 1. The van der Waals surface area contributed by atoms with E-state index in [-0.39, 0.29) is 40.1 Å². The molecule has 0 unspecified atom stereocenters. The number of ether oxygens (including phenoxy) is 1. The first kappa shape index (κ1) is 25.4. The number of esters is 1. The highest BCUT2D eigenvalue weighted by molar-refractivity contribution is 5.96. The maximum absolute atomic E-state index is 13.3. The number of hydrogen-bond acceptors (Lipinski definition) is 9. The molecule has 0 aliphatic heterocycles. The minimum absolute atomic E-state index is 0.0685. The second kappa shape index (κ2) is 9.26. The van der Waals surface area contributed by atoms with E-state index >= 15 is 0 Å². The first-order chi connectivity index (χ1) is 20.2. The number of aromatic amines is 1. The number of H-pyrrole nitrogens is 1. The highest BCUT2D eigenvalue weighted by Crippen LogP contribution is 2.40. The molecule has 14 nitrogen and oxygen atoms in total. The lowest BCUT2D eigenvalue weighted by Gasteiger charge is -2.16. The van der Waals surface area contributed by atoms with E-state index < -0.39 is 17.3 Å². The van der Waals surface area contributed by atoms with Crippen molar-refractivity contribution in [3.05, 3.63) is 81.1 Å². The van der Waals surface area contributed by atoms with Crippen LogP contribution in [0.15, 0.2) is 58.5 Å². The summed E-state index contributed by atoms with van der Waals surface area (Å²) in [6.45, 7) is 3.80. The van der Waals surface area contributed by atoms with Gasteiger partial charge in [0.1, 0.15) is 17.8 Å². The molecule has 1 aliphatic rings. The van der Waals surface area contributed by atoms with E-state index in [1.807, 2.05) is 38.1 Å². The number of aryl methyl sites for hydroxylation is 1. The molecule has 2 N–H and O–H groups in total. The molecule has 0 spiro atoms. The van der Waals surface area contributed by atoms with Crippen molar-refractivity contribution in [1.29, 1.82) is 0 Å². The van der Waals surface area contributed by atoms with Crippen molar-refractivity contribution in [3.8, 4) is 28.6 Å². The average Bonchev–Trinajstić information content (AvgIpc) is 3.38. The topological polar surface area (TPSA) is 167 Å². The zero-order chi connectivity index (χ0) is 29.3. The van der Waals surface area contributed by atoms with E-state index in [9.17, 15) is 19.5 Å². The summed E-state index contributed by atoms with van der Waals surface area (Å²) in [5.41, 5.74) is 1.11. The molecule has 42 heavy (non-hydrogen) atoms. The molecule has 0 bridgehead atoms. The number of carbonyl (C=O) groups excluding carboxylic acids is 1. The summed E-state index contributed by atoms with van der Waals surface area (Å²) in [4.78, 5) is 42.8. The number of rotatable bonds is 6. The van der Waals surface area contributed by atoms with Gasteiger partial charge in [-0.25, -0.2) is 33.4 Å². The highest BCUT2D eigenvalue weighted by Gasteiger charge is 2.27. The number of aromatic nitrogens is 9. The summed E-state index contributed by atoms with van der Waals surface area (Å²) >= 11 is 0. The molecule has 212 valence electrons. The van der Waals surface area contributed by atoms with Crippen LogP contribution in [0.3, 0.4) is 0 Å². The lowest BCUT2D eigenvalue weighted by atomic mass is 9.98. The molecule has 4 aromatic heterocycles. The van der Waals surface area contributed by atoms with Gasteiger partial charge in [-0.2, -0.15) is 9.78 Å². The van der Waals surface area contributed by atoms with Crippen LogP contribution in [0, 0.1) is 0 Å². The summed E-state index contributed by atoms with van der Waals surface area (Å²) in [5, 5.41) is 26.2. The number of aromatic hydroxyl groups is 1. The Labute approximate surface area is 236 Å². The fraction of sp³-hybridized carbons (Fsp3) is 0.250. The monoisotopic (exact) mass is 567 g/mol. The van der Waals surface area contributed by atoms with Gasteiger partial charge in [-0.1, -0.05) is 19.1 Å². The lowest BCUT2D eigenvalue weighted by molar-refractivity contribution is 0.0731. The number of benzene rings is 2. The molecule has 1 saturated carbocycles. The minimum atomic E-state index is -0.940. The van der Waals surface area contributed by atoms with Crippen molar-refractivity contribution in [3.63, 3.8) is 0 Å². The smallest absolute Gasteiger partial charge is 0.366 e. The first-order valence-electron chi connectivity index (χ1n) is 13.4. The van der Waals surface area contributed by atoms with Gasteiger partial charge >= 0.3 is 17.3 Å². The first-order valence-corrected chi connectivity index (χ1v) is 13.4. The van der Waals surface area contributed by atoms with Crippen LogP contribution in [-0.2, 0) is 7.05 Å². The molecule has 1 fully saturated rings. The highest BCUT2D eigenvalue weighted by atomic mass is 16.5. The Kier molecular flexibility index (Phi) is 5.61. The van der Waals surface area contributed by atoms with E-state index in [1.54, 1.807) is 6.07 Å². The molecular formula is C28H25N9O5. The van der Waals surface area contributed by atoms with Gasteiger partial charge < -0.3 is 14.4 Å². The molecule has 0 saturated heterocycles. The van der Waals surface area contributed by atoms with E-state index in [4.69, 9.17) is 4.74 Å². The fourth-order valence-corrected chi connectivity index (χ4v) is 5.16. The minimum Gasteiger partial charge on any atom is -0.508 e. The Balaban J connectivity index is 1.35. The van der Waals surface area contributed by atoms with Crippen LogP contribution >= 0.6 is 0 Å². The Morgan fingerprint density at radius 1 is 1.14 bits per heavy atom. The molecular weight excluding hydrogens is 542 g/mol. The van der Waals surface area contributed by atoms with E-state index in [2.05, 4.69) is 36.3 Å². The third-order valence-electron chi connectivity index (χ3n) is 7.46. The van der Waals surface area contributed by atoms with Gasteiger partial charge in [-0.3, -0.25) is 0 Å². The lowest BCUT2D eigenvalue weighted by Crippen LogP contribution is -2.27. The predicted octanol–water partition coefficient (Wildman–Crippen LogP) is 2.70. The van der Waals surface area contributed by atoms with Gasteiger partial charge in [0, 0.05) is 36.3 Å². The van der Waals surface area contributed by atoms with Gasteiger partial charge in [-0.15, -0.1) is 5.10 Å². The van der Waals surface area contributed by atoms with Crippen LogP contribution in [0.1, 0.15) is 54.7 Å². The van der Waals surface area contributed by atoms with Crippen LogP contribution in [0.2, 0.25) is 0 Å². The fourth-order valence-electron chi connectivity index (χ4n) is 5.16. The van der Waals surface area contributed by atoms with E-state index in [0.29, 0.717) is 17.3 Å². The number of hydrogen-bond donors (Lipinski definition) is 2. The summed E-state index contributed by atoms with van der Waals surface area (Å²) < 4.78 is 11.4. The van der Waals surface area contributed by atoms with Crippen molar-refractivity contribution in [2.45, 2.75) is 38.6 Å². The Morgan fingerprint density at radius 3 is 2.71 bits per heavy atom. The predicted molar refractivity (Wildman–Crippen MR) is 150 cm³/mol. The van der Waals surface area contributed by atoms with Crippen molar-refractivity contribution >= 4 is 22.5 Å². The van der Waals surface area contributed by atoms with Crippen LogP contribution < -0.4 is 16.1 Å². The van der Waals surface area contributed by atoms with E-state index in [1.165, 1.54) is 17.7 Å². The van der Waals surface area contributed by atoms with Gasteiger partial charge in [0.25, 0.3) is 0 Å². The van der Waals surface area contributed by atoms with Crippen molar-refractivity contribution in [1.82, 2.24) is 43.7 Å². The molecule has 0 radical (unpaired) electrons. The van der Waals surface area contributed by atoms with E-state index in [0.717, 1.165) is 39.2 Å². The summed E-state index contributed by atoms with van der Waals surface area (Å²) in [5.74, 6) is -1.04. The maximum atomic E-state index is 13.3. The van der Waals surface area contributed by atoms with Crippen LogP contribution in [0.25, 0.3) is 33.6 Å². The quantitative estimate of drug-likeness (QED) is 0.227. The number of fused-ring (bicyclic) bond motifs is 2. The van der Waals surface area contributed by atoms with Gasteiger partial charge in [0.2, 0.25) is 0 Å². The molecule has 0 atom stereocenters. The van der Waals surface area contributed by atoms with Gasteiger partial charge in [0.15, 0.2) is 17.2 Å². The van der Waals surface area contributed by atoms with Crippen LogP contribution in [-0.4, -0.2) is 54.8 Å².